The van der Waals surface area contributed by atoms with Crippen LogP contribution < -0.4 is 11.1 Å². The number of halogens is 1. The number of nitrogens with two attached hydrogens (primary N) is 1. The van der Waals surface area contributed by atoms with Crippen LogP contribution >= 0.6 is 24.0 Å². The van der Waals surface area contributed by atoms with Gasteiger partial charge in [0.1, 0.15) is 0 Å². The maximum atomic E-state index is 11.3. The molecule has 1 heterocycles. The summed E-state index contributed by atoms with van der Waals surface area (Å²) >= 11 is 0. The number of carbonyl (C=O) groups excluding carboxylic acids is 1. The van der Waals surface area contributed by atoms with Gasteiger partial charge >= 0.3 is 0 Å². The number of carbonyl (C=O) groups is 1. The molecule has 1 aromatic carbocycles. The molecule has 0 bridgehead atoms. The molecule has 1 saturated heterocycles. The molecule has 1 amide bonds. The minimum absolute atomic E-state index is 0. The number of benzene rings is 1. The first kappa shape index (κ1) is 22.0. The van der Waals surface area contributed by atoms with Crippen molar-refractivity contribution in [1.29, 1.82) is 0 Å². The number of guanidine groups is 1. The maximum Gasteiger partial charge on any atom is 0.217 e. The van der Waals surface area contributed by atoms with Crippen molar-refractivity contribution in [2.24, 2.45) is 16.6 Å². The lowest BCUT2D eigenvalue weighted by Gasteiger charge is -2.37. The molecular formula is C21H33IN4O. The standard InChI is InChI=1S/C21H32N4O.HI/c1-23-20(25-13-7-8-17(15-25)14-19(22)26)24-16-21(11-5-6-12-21)18-9-3-2-4-10-18;/h2-4,9-10,17H,5-8,11-16H2,1H3,(H2,22,26)(H,23,24);1H. The van der Waals surface area contributed by atoms with E-state index in [1.54, 1.807) is 0 Å². The van der Waals surface area contributed by atoms with Crippen molar-refractivity contribution in [3.05, 3.63) is 35.9 Å². The Balaban J connectivity index is 0.00000261. The zero-order chi connectivity index (χ0) is 18.4. The summed E-state index contributed by atoms with van der Waals surface area (Å²) in [5.41, 5.74) is 7.04. The Morgan fingerprint density at radius 1 is 1.26 bits per heavy atom. The smallest absolute Gasteiger partial charge is 0.217 e. The average Bonchev–Trinajstić information content (AvgIpc) is 3.13. The van der Waals surface area contributed by atoms with Crippen molar-refractivity contribution in [2.75, 3.05) is 26.7 Å². The molecule has 1 aliphatic heterocycles. The fourth-order valence-electron chi connectivity index (χ4n) is 4.70. The number of piperidine rings is 1. The molecule has 150 valence electrons. The molecule has 0 radical (unpaired) electrons. The van der Waals surface area contributed by atoms with E-state index in [1.165, 1.54) is 31.2 Å². The van der Waals surface area contributed by atoms with Gasteiger partial charge in [0.25, 0.3) is 0 Å². The number of amides is 1. The zero-order valence-corrected chi connectivity index (χ0v) is 18.7. The lowest BCUT2D eigenvalue weighted by molar-refractivity contribution is -0.119. The second-order valence-corrected chi connectivity index (χ2v) is 7.88. The van der Waals surface area contributed by atoms with Crippen molar-refractivity contribution in [2.45, 2.75) is 50.4 Å². The number of hydrogen-bond acceptors (Lipinski definition) is 2. The highest BCUT2D eigenvalue weighted by Crippen LogP contribution is 2.40. The largest absolute Gasteiger partial charge is 0.370 e. The van der Waals surface area contributed by atoms with Crippen LogP contribution in [0.25, 0.3) is 0 Å². The number of likely N-dealkylation sites (tertiary alicyclic amines) is 1. The van der Waals surface area contributed by atoms with E-state index in [4.69, 9.17) is 5.73 Å². The van der Waals surface area contributed by atoms with E-state index in [-0.39, 0.29) is 35.3 Å². The van der Waals surface area contributed by atoms with Crippen molar-refractivity contribution in [3.63, 3.8) is 0 Å². The highest BCUT2D eigenvalue weighted by molar-refractivity contribution is 14.0. The van der Waals surface area contributed by atoms with Crippen LogP contribution in [0.4, 0.5) is 0 Å². The number of rotatable bonds is 5. The second kappa shape index (κ2) is 10.3. The minimum atomic E-state index is -0.200. The van der Waals surface area contributed by atoms with Gasteiger partial charge in [0.2, 0.25) is 5.91 Å². The summed E-state index contributed by atoms with van der Waals surface area (Å²) in [5, 5.41) is 3.65. The average molecular weight is 484 g/mol. The summed E-state index contributed by atoms with van der Waals surface area (Å²) in [5.74, 6) is 1.10. The molecule has 27 heavy (non-hydrogen) atoms. The van der Waals surface area contributed by atoms with Crippen LogP contribution in [-0.4, -0.2) is 43.4 Å². The van der Waals surface area contributed by atoms with Crippen LogP contribution in [0, 0.1) is 5.92 Å². The Kier molecular flexibility index (Phi) is 8.38. The fraction of sp³-hybridized carbons (Fsp3) is 0.619. The fourth-order valence-corrected chi connectivity index (χ4v) is 4.70. The highest BCUT2D eigenvalue weighted by atomic mass is 127. The zero-order valence-electron chi connectivity index (χ0n) is 16.3. The van der Waals surface area contributed by atoms with E-state index >= 15 is 0 Å². The van der Waals surface area contributed by atoms with Crippen LogP contribution in [0.1, 0.15) is 50.5 Å². The predicted molar refractivity (Wildman–Crippen MR) is 121 cm³/mol. The van der Waals surface area contributed by atoms with Gasteiger partial charge in [-0.1, -0.05) is 43.2 Å². The van der Waals surface area contributed by atoms with Gasteiger partial charge in [-0.15, -0.1) is 24.0 Å². The molecule has 3 N–H and O–H groups in total. The summed E-state index contributed by atoms with van der Waals surface area (Å²) in [6, 6.07) is 10.9. The molecule has 0 aromatic heterocycles. The quantitative estimate of drug-likeness (QED) is 0.383. The summed E-state index contributed by atoms with van der Waals surface area (Å²) < 4.78 is 0. The first-order valence-corrected chi connectivity index (χ1v) is 9.92. The van der Waals surface area contributed by atoms with Gasteiger partial charge in [-0.2, -0.15) is 0 Å². The van der Waals surface area contributed by atoms with E-state index < -0.39 is 0 Å². The Hall–Kier alpha value is -1.31. The molecule has 1 aliphatic carbocycles. The van der Waals surface area contributed by atoms with E-state index in [2.05, 4.69) is 45.5 Å². The third kappa shape index (κ3) is 5.59. The molecule has 6 heteroatoms. The van der Waals surface area contributed by atoms with E-state index in [0.29, 0.717) is 12.3 Å². The molecule has 2 aliphatic rings. The minimum Gasteiger partial charge on any atom is -0.370 e. The molecule has 1 atom stereocenters. The normalized spacial score (nSPS) is 22.2. The Bertz CT molecular complexity index is 628. The van der Waals surface area contributed by atoms with Crippen molar-refractivity contribution in [1.82, 2.24) is 10.2 Å². The molecular weight excluding hydrogens is 451 g/mol. The highest BCUT2D eigenvalue weighted by Gasteiger charge is 2.36. The maximum absolute atomic E-state index is 11.3. The number of nitrogens with one attached hydrogen (secondary N) is 1. The van der Waals surface area contributed by atoms with Crippen molar-refractivity contribution < 1.29 is 4.79 Å². The summed E-state index contributed by atoms with van der Waals surface area (Å²) in [6.45, 7) is 2.77. The lowest BCUT2D eigenvalue weighted by Crippen LogP contribution is -2.50. The molecule has 5 nitrogen and oxygen atoms in total. The third-order valence-corrected chi connectivity index (χ3v) is 6.05. The van der Waals surface area contributed by atoms with Gasteiger partial charge in [0, 0.05) is 38.5 Å². The van der Waals surface area contributed by atoms with Gasteiger partial charge in [-0.05, 0) is 37.2 Å². The Labute approximate surface area is 180 Å². The van der Waals surface area contributed by atoms with Gasteiger partial charge in [-0.3, -0.25) is 9.79 Å². The van der Waals surface area contributed by atoms with Gasteiger partial charge in [0.05, 0.1) is 0 Å². The van der Waals surface area contributed by atoms with E-state index in [1.807, 2.05) is 7.05 Å². The van der Waals surface area contributed by atoms with Gasteiger partial charge in [0.15, 0.2) is 5.96 Å². The summed E-state index contributed by atoms with van der Waals surface area (Å²) in [6.07, 6.45) is 7.67. The number of hydrogen-bond donors (Lipinski definition) is 2. The molecule has 1 unspecified atom stereocenters. The molecule has 1 aromatic rings. The van der Waals surface area contributed by atoms with Crippen LogP contribution in [0.2, 0.25) is 0 Å². The van der Waals surface area contributed by atoms with E-state index in [9.17, 15) is 4.79 Å². The Morgan fingerprint density at radius 3 is 2.59 bits per heavy atom. The number of aliphatic imine (C=N–C) groups is 1. The lowest BCUT2D eigenvalue weighted by atomic mass is 9.79. The SMILES string of the molecule is CN=C(NCC1(c2ccccc2)CCCC1)N1CCCC(CC(N)=O)C1.I. The molecule has 1 saturated carbocycles. The predicted octanol–water partition coefficient (Wildman–Crippen LogP) is 3.28. The van der Waals surface area contributed by atoms with Gasteiger partial charge < -0.3 is 16.0 Å². The van der Waals surface area contributed by atoms with Crippen LogP contribution in [-0.2, 0) is 10.2 Å². The van der Waals surface area contributed by atoms with Crippen LogP contribution in [0.3, 0.4) is 0 Å². The molecule has 3 rings (SSSR count). The number of nitrogens with zero attached hydrogens (tertiary/aromatic N) is 2. The first-order valence-electron chi connectivity index (χ1n) is 9.92. The van der Waals surface area contributed by atoms with Crippen molar-refractivity contribution >= 4 is 35.8 Å². The second-order valence-electron chi connectivity index (χ2n) is 7.88. The van der Waals surface area contributed by atoms with E-state index in [0.717, 1.165) is 38.4 Å². The topological polar surface area (TPSA) is 70.7 Å². The Morgan fingerprint density at radius 2 is 1.96 bits per heavy atom. The number of primary amides is 1. The first-order chi connectivity index (χ1) is 12.6. The van der Waals surface area contributed by atoms with Crippen molar-refractivity contribution in [3.8, 4) is 0 Å². The monoisotopic (exact) mass is 484 g/mol. The van der Waals surface area contributed by atoms with Crippen LogP contribution in [0.5, 0.6) is 0 Å². The van der Waals surface area contributed by atoms with Gasteiger partial charge in [-0.25, -0.2) is 0 Å². The van der Waals surface area contributed by atoms with Crippen LogP contribution in [0.15, 0.2) is 35.3 Å². The summed E-state index contributed by atoms with van der Waals surface area (Å²) in [7, 11) is 1.85. The third-order valence-electron chi connectivity index (χ3n) is 6.05. The summed E-state index contributed by atoms with van der Waals surface area (Å²) in [4.78, 5) is 18.1. The molecule has 0 spiro atoms. The molecule has 2 fully saturated rings.